The highest BCUT2D eigenvalue weighted by atomic mass is 32.2. The highest BCUT2D eigenvalue weighted by Crippen LogP contribution is 2.29. The molecule has 0 radical (unpaired) electrons. The van der Waals surface area contributed by atoms with E-state index in [1.807, 2.05) is 32.0 Å². The van der Waals surface area contributed by atoms with Gasteiger partial charge in [0.2, 0.25) is 5.91 Å². The van der Waals surface area contributed by atoms with Gasteiger partial charge in [-0.3, -0.25) is 24.3 Å². The summed E-state index contributed by atoms with van der Waals surface area (Å²) >= 11 is 1.12. The zero-order valence-corrected chi connectivity index (χ0v) is 20.1. The molecule has 178 valence electrons. The summed E-state index contributed by atoms with van der Waals surface area (Å²) in [5.74, 6) is -0.250. The minimum absolute atomic E-state index is 0.0459. The number of nitrogens with one attached hydrogen (secondary N) is 1. The molecule has 1 heterocycles. The Kier molecular flexibility index (Phi) is 6.83. The molecule has 0 aliphatic rings. The first kappa shape index (κ1) is 24.0. The Labute approximate surface area is 204 Å². The van der Waals surface area contributed by atoms with Crippen molar-refractivity contribution in [2.24, 2.45) is 0 Å². The molecule has 4 aromatic rings. The number of methoxy groups -OCH3 is 1. The molecule has 35 heavy (non-hydrogen) atoms. The van der Waals surface area contributed by atoms with Crippen LogP contribution in [0.4, 0.5) is 11.4 Å². The van der Waals surface area contributed by atoms with Crippen molar-refractivity contribution in [3.05, 3.63) is 92.3 Å². The lowest BCUT2D eigenvalue weighted by atomic mass is 10.1. The van der Waals surface area contributed by atoms with Crippen molar-refractivity contribution in [3.63, 3.8) is 0 Å². The number of aryl methyl sites for hydroxylation is 2. The molecule has 4 rings (SSSR count). The van der Waals surface area contributed by atoms with Gasteiger partial charge < -0.3 is 10.1 Å². The van der Waals surface area contributed by atoms with Crippen molar-refractivity contribution in [1.29, 1.82) is 0 Å². The van der Waals surface area contributed by atoms with Gasteiger partial charge in [0, 0.05) is 6.07 Å². The van der Waals surface area contributed by atoms with E-state index in [1.165, 1.54) is 29.9 Å². The van der Waals surface area contributed by atoms with Crippen molar-refractivity contribution in [2.75, 3.05) is 18.2 Å². The van der Waals surface area contributed by atoms with Crippen LogP contribution >= 0.6 is 11.8 Å². The molecule has 0 aliphatic carbocycles. The molecule has 1 N–H and O–H groups in total. The third-order valence-electron chi connectivity index (χ3n) is 5.50. The van der Waals surface area contributed by atoms with Gasteiger partial charge in [0.15, 0.2) is 5.16 Å². The average Bonchev–Trinajstić information content (AvgIpc) is 2.85. The summed E-state index contributed by atoms with van der Waals surface area (Å²) in [6.07, 6.45) is 0. The van der Waals surface area contributed by atoms with Gasteiger partial charge >= 0.3 is 0 Å². The number of hydrogen-bond acceptors (Lipinski definition) is 7. The number of nitro benzene ring substituents is 1. The normalized spacial score (nSPS) is 10.8. The number of amides is 1. The number of non-ortho nitro benzene ring substituents is 1. The van der Waals surface area contributed by atoms with Crippen LogP contribution in [0.15, 0.2) is 70.6 Å². The number of benzene rings is 3. The third-order valence-corrected chi connectivity index (χ3v) is 6.43. The van der Waals surface area contributed by atoms with Crippen LogP contribution in [0.5, 0.6) is 5.75 Å². The molecule has 0 saturated carbocycles. The minimum Gasteiger partial charge on any atom is -0.494 e. The molecule has 0 fully saturated rings. The zero-order valence-electron chi connectivity index (χ0n) is 19.3. The summed E-state index contributed by atoms with van der Waals surface area (Å²) in [4.78, 5) is 41.2. The van der Waals surface area contributed by atoms with Crippen LogP contribution in [-0.2, 0) is 4.79 Å². The monoisotopic (exact) mass is 490 g/mol. The van der Waals surface area contributed by atoms with E-state index in [9.17, 15) is 19.7 Å². The molecular formula is C25H22N4O5S. The van der Waals surface area contributed by atoms with Crippen LogP contribution in [0, 0.1) is 24.0 Å². The van der Waals surface area contributed by atoms with Gasteiger partial charge in [-0.2, -0.15) is 0 Å². The molecule has 0 atom stereocenters. The van der Waals surface area contributed by atoms with Crippen molar-refractivity contribution in [2.45, 2.75) is 19.0 Å². The number of carbonyl (C=O) groups is 1. The second kappa shape index (κ2) is 9.98. The molecule has 9 nitrogen and oxygen atoms in total. The van der Waals surface area contributed by atoms with Gasteiger partial charge in [0.25, 0.3) is 11.2 Å². The average molecular weight is 491 g/mol. The predicted octanol–water partition coefficient (Wildman–Crippen LogP) is 4.65. The summed E-state index contributed by atoms with van der Waals surface area (Å²) in [6.45, 7) is 3.96. The lowest BCUT2D eigenvalue weighted by molar-refractivity contribution is -0.384. The first-order valence-corrected chi connectivity index (χ1v) is 11.6. The van der Waals surface area contributed by atoms with E-state index in [1.54, 1.807) is 24.3 Å². The number of nitro groups is 1. The Morgan fingerprint density at radius 1 is 1.11 bits per heavy atom. The maximum Gasteiger partial charge on any atom is 0.273 e. The SMILES string of the molecule is COc1cc([N+](=O)[O-])ccc1NC(=O)CSc1nc2ccccc2c(=O)n1-c1ccc(C)c(C)c1. The number of rotatable bonds is 7. The first-order valence-electron chi connectivity index (χ1n) is 10.6. The number of nitrogens with zero attached hydrogens (tertiary/aromatic N) is 3. The quantitative estimate of drug-likeness (QED) is 0.173. The van der Waals surface area contributed by atoms with Crippen molar-refractivity contribution in [3.8, 4) is 11.4 Å². The summed E-state index contributed by atoms with van der Waals surface area (Å²) in [6, 6.07) is 16.7. The molecule has 0 bridgehead atoms. The molecular weight excluding hydrogens is 468 g/mol. The second-order valence-electron chi connectivity index (χ2n) is 7.80. The number of para-hydroxylation sites is 1. The minimum atomic E-state index is -0.540. The largest absolute Gasteiger partial charge is 0.494 e. The topological polar surface area (TPSA) is 116 Å². The van der Waals surface area contributed by atoms with Crippen LogP contribution < -0.4 is 15.6 Å². The fraction of sp³-hybridized carbons (Fsp3) is 0.160. The zero-order chi connectivity index (χ0) is 25.1. The smallest absolute Gasteiger partial charge is 0.273 e. The molecule has 0 saturated heterocycles. The lowest BCUT2D eigenvalue weighted by Gasteiger charge is -2.15. The summed E-state index contributed by atoms with van der Waals surface area (Å²) in [5.41, 5.74) is 3.27. The van der Waals surface area contributed by atoms with Gasteiger partial charge in [-0.15, -0.1) is 0 Å². The molecule has 0 spiro atoms. The van der Waals surface area contributed by atoms with Gasteiger partial charge in [-0.25, -0.2) is 4.98 Å². The Bertz CT molecular complexity index is 1520. The highest BCUT2D eigenvalue weighted by molar-refractivity contribution is 7.99. The highest BCUT2D eigenvalue weighted by Gasteiger charge is 2.17. The Hall–Kier alpha value is -4.18. The van der Waals surface area contributed by atoms with Gasteiger partial charge in [0.1, 0.15) is 5.75 Å². The van der Waals surface area contributed by atoms with E-state index >= 15 is 0 Å². The summed E-state index contributed by atoms with van der Waals surface area (Å²) in [5, 5.41) is 14.6. The van der Waals surface area contributed by atoms with E-state index in [4.69, 9.17) is 4.74 Å². The fourth-order valence-electron chi connectivity index (χ4n) is 3.51. The molecule has 0 aliphatic heterocycles. The number of ether oxygens (including phenoxy) is 1. The van der Waals surface area contributed by atoms with Crippen LogP contribution in [0.2, 0.25) is 0 Å². The fourth-order valence-corrected chi connectivity index (χ4v) is 4.33. The predicted molar refractivity (Wildman–Crippen MR) is 136 cm³/mol. The van der Waals surface area contributed by atoms with Crippen molar-refractivity contribution >= 4 is 39.9 Å². The molecule has 3 aromatic carbocycles. The Morgan fingerprint density at radius 3 is 2.60 bits per heavy atom. The number of aromatic nitrogens is 2. The molecule has 0 unspecified atom stereocenters. The third kappa shape index (κ3) is 5.02. The van der Waals surface area contributed by atoms with Gasteiger partial charge in [0.05, 0.1) is 46.1 Å². The number of fused-ring (bicyclic) bond motifs is 1. The number of carbonyl (C=O) groups excluding carboxylic acids is 1. The Morgan fingerprint density at radius 2 is 1.89 bits per heavy atom. The van der Waals surface area contributed by atoms with E-state index in [-0.39, 0.29) is 28.7 Å². The lowest BCUT2D eigenvalue weighted by Crippen LogP contribution is -2.23. The molecule has 1 amide bonds. The van der Waals surface area contributed by atoms with Crippen LogP contribution in [0.25, 0.3) is 16.6 Å². The van der Waals surface area contributed by atoms with Crippen molar-refractivity contribution < 1.29 is 14.5 Å². The van der Waals surface area contributed by atoms with Crippen LogP contribution in [-0.4, -0.2) is 33.2 Å². The van der Waals surface area contributed by atoms with Gasteiger partial charge in [-0.05, 0) is 55.3 Å². The summed E-state index contributed by atoms with van der Waals surface area (Å²) < 4.78 is 6.69. The first-order chi connectivity index (χ1) is 16.8. The van der Waals surface area contributed by atoms with Crippen LogP contribution in [0.3, 0.4) is 0 Å². The number of thioether (sulfide) groups is 1. The summed E-state index contributed by atoms with van der Waals surface area (Å²) in [7, 11) is 1.37. The van der Waals surface area contributed by atoms with E-state index in [2.05, 4.69) is 10.3 Å². The standard InChI is InChI=1S/C25H22N4O5S/c1-15-8-9-17(12-16(15)2)28-24(31)19-6-4-5-7-20(19)27-25(28)35-14-23(30)26-21-11-10-18(29(32)33)13-22(21)34-3/h4-13H,14H2,1-3H3,(H,26,30). The maximum atomic E-state index is 13.4. The van der Waals surface area contributed by atoms with E-state index < -0.39 is 4.92 Å². The van der Waals surface area contributed by atoms with Crippen molar-refractivity contribution in [1.82, 2.24) is 9.55 Å². The van der Waals surface area contributed by atoms with E-state index in [0.29, 0.717) is 27.4 Å². The second-order valence-corrected chi connectivity index (χ2v) is 8.74. The number of anilines is 1. The molecule has 10 heteroatoms. The number of hydrogen-bond donors (Lipinski definition) is 1. The van der Waals surface area contributed by atoms with E-state index in [0.717, 1.165) is 22.9 Å². The molecule has 1 aromatic heterocycles. The van der Waals surface area contributed by atoms with Crippen LogP contribution in [0.1, 0.15) is 11.1 Å². The van der Waals surface area contributed by atoms with Gasteiger partial charge in [-0.1, -0.05) is 30.0 Å². The Balaban J connectivity index is 1.65. The maximum absolute atomic E-state index is 13.4.